The number of ether oxygens (including phenoxy) is 2. The Labute approximate surface area is 120 Å². The van der Waals surface area contributed by atoms with Gasteiger partial charge in [0.2, 0.25) is 0 Å². The molecule has 0 bridgehead atoms. The quantitative estimate of drug-likeness (QED) is 0.887. The highest BCUT2D eigenvalue weighted by Gasteiger charge is 2.35. The summed E-state index contributed by atoms with van der Waals surface area (Å²) in [6, 6.07) is 4.96. The average molecular weight is 300 g/mol. The van der Waals surface area contributed by atoms with Crippen LogP contribution in [0.4, 0.5) is 5.69 Å². The predicted molar refractivity (Wildman–Crippen MR) is 72.2 cm³/mol. The third-order valence-corrected chi connectivity index (χ3v) is 3.31. The van der Waals surface area contributed by atoms with Gasteiger partial charge in [0.05, 0.1) is 17.8 Å². The van der Waals surface area contributed by atoms with E-state index in [9.17, 15) is 9.59 Å². The third-order valence-electron chi connectivity index (χ3n) is 3.02. The van der Waals surface area contributed by atoms with E-state index >= 15 is 0 Å². The molecule has 6 nitrogen and oxygen atoms in total. The molecular weight excluding hydrogens is 286 g/mol. The van der Waals surface area contributed by atoms with E-state index in [0.717, 1.165) is 0 Å². The molecule has 2 atom stereocenters. The number of hydrogen-bond donors (Lipinski definition) is 2. The molecule has 1 fully saturated rings. The molecule has 1 aliphatic rings. The number of benzene rings is 1. The van der Waals surface area contributed by atoms with Crippen LogP contribution in [0.3, 0.4) is 0 Å². The zero-order chi connectivity index (χ0) is 14.7. The summed E-state index contributed by atoms with van der Waals surface area (Å²) in [6.07, 6.45) is -1.02. The zero-order valence-electron chi connectivity index (χ0n) is 10.8. The first-order chi connectivity index (χ1) is 9.52. The molecule has 2 rings (SSSR count). The minimum absolute atomic E-state index is 0.320. The SMILES string of the molecule is COc1c(Cl)cccc1NC(=O)[C@@H]1CC[C@H](C(=O)O)O1. The number of para-hydroxylation sites is 1. The summed E-state index contributed by atoms with van der Waals surface area (Å²) in [4.78, 5) is 22.8. The molecule has 0 radical (unpaired) electrons. The second-order valence-electron chi connectivity index (χ2n) is 4.34. The molecule has 7 heteroatoms. The van der Waals surface area contributed by atoms with E-state index in [0.29, 0.717) is 29.3 Å². The maximum Gasteiger partial charge on any atom is 0.332 e. The maximum absolute atomic E-state index is 12.0. The van der Waals surface area contributed by atoms with Gasteiger partial charge in [0.1, 0.15) is 6.10 Å². The lowest BCUT2D eigenvalue weighted by Gasteiger charge is -2.14. The summed E-state index contributed by atoms with van der Waals surface area (Å²) < 4.78 is 10.3. The number of carboxylic acids is 1. The van der Waals surface area contributed by atoms with Crippen LogP contribution < -0.4 is 10.1 Å². The van der Waals surface area contributed by atoms with Crippen molar-refractivity contribution in [3.63, 3.8) is 0 Å². The normalized spacial score (nSPS) is 21.5. The Hall–Kier alpha value is -1.79. The number of anilines is 1. The number of carbonyl (C=O) groups is 2. The molecule has 0 unspecified atom stereocenters. The maximum atomic E-state index is 12.0. The molecule has 1 amide bonds. The fourth-order valence-corrected chi connectivity index (χ4v) is 2.29. The minimum Gasteiger partial charge on any atom is -0.493 e. The highest BCUT2D eigenvalue weighted by molar-refractivity contribution is 6.32. The lowest BCUT2D eigenvalue weighted by Crippen LogP contribution is -2.30. The van der Waals surface area contributed by atoms with Crippen LogP contribution in [0.1, 0.15) is 12.8 Å². The average Bonchev–Trinajstić information content (AvgIpc) is 2.89. The van der Waals surface area contributed by atoms with E-state index in [1.54, 1.807) is 18.2 Å². The second-order valence-corrected chi connectivity index (χ2v) is 4.75. The van der Waals surface area contributed by atoms with E-state index in [2.05, 4.69) is 5.32 Å². The Kier molecular flexibility index (Phi) is 4.46. The number of carbonyl (C=O) groups excluding carboxylic acids is 1. The molecule has 0 saturated carbocycles. The van der Waals surface area contributed by atoms with E-state index in [4.69, 9.17) is 26.2 Å². The van der Waals surface area contributed by atoms with Crippen molar-refractivity contribution in [2.45, 2.75) is 25.0 Å². The molecule has 0 aliphatic carbocycles. The lowest BCUT2D eigenvalue weighted by atomic mass is 10.2. The molecule has 20 heavy (non-hydrogen) atoms. The monoisotopic (exact) mass is 299 g/mol. The van der Waals surface area contributed by atoms with Gasteiger partial charge < -0.3 is 19.9 Å². The molecular formula is C13H14ClNO5. The van der Waals surface area contributed by atoms with Gasteiger partial charge in [0.25, 0.3) is 5.91 Å². The molecule has 1 aromatic carbocycles. The topological polar surface area (TPSA) is 84.9 Å². The van der Waals surface area contributed by atoms with E-state index in [1.807, 2.05) is 0 Å². The Morgan fingerprint density at radius 2 is 2.10 bits per heavy atom. The Morgan fingerprint density at radius 1 is 1.40 bits per heavy atom. The zero-order valence-corrected chi connectivity index (χ0v) is 11.5. The van der Waals surface area contributed by atoms with Crippen molar-refractivity contribution in [3.8, 4) is 5.75 Å². The van der Waals surface area contributed by atoms with Crippen LogP contribution in [0.2, 0.25) is 5.02 Å². The summed E-state index contributed by atoms with van der Waals surface area (Å²) >= 11 is 5.95. The smallest absolute Gasteiger partial charge is 0.332 e. The number of nitrogens with one attached hydrogen (secondary N) is 1. The van der Waals surface area contributed by atoms with Crippen LogP contribution in [-0.4, -0.2) is 36.3 Å². The van der Waals surface area contributed by atoms with E-state index in [1.165, 1.54) is 7.11 Å². The minimum atomic E-state index is -1.05. The number of methoxy groups -OCH3 is 1. The number of rotatable bonds is 4. The number of amides is 1. The number of aliphatic carboxylic acids is 1. The van der Waals surface area contributed by atoms with Crippen molar-refractivity contribution in [1.82, 2.24) is 0 Å². The Bertz CT molecular complexity index is 533. The molecule has 1 heterocycles. The van der Waals surface area contributed by atoms with Crippen LogP contribution >= 0.6 is 11.6 Å². The van der Waals surface area contributed by atoms with Gasteiger partial charge in [0.15, 0.2) is 11.9 Å². The van der Waals surface area contributed by atoms with Crippen molar-refractivity contribution in [2.75, 3.05) is 12.4 Å². The molecule has 1 aliphatic heterocycles. The number of halogens is 1. The van der Waals surface area contributed by atoms with Crippen LogP contribution in [0.5, 0.6) is 5.75 Å². The molecule has 0 aromatic heterocycles. The van der Waals surface area contributed by atoms with Crippen molar-refractivity contribution >= 4 is 29.2 Å². The van der Waals surface area contributed by atoms with Crippen molar-refractivity contribution < 1.29 is 24.2 Å². The van der Waals surface area contributed by atoms with Crippen molar-refractivity contribution in [1.29, 1.82) is 0 Å². The molecule has 0 spiro atoms. The number of carboxylic acid groups (broad SMARTS) is 1. The summed E-state index contributed by atoms with van der Waals surface area (Å²) in [5.41, 5.74) is 0.423. The van der Waals surface area contributed by atoms with E-state index in [-0.39, 0.29) is 0 Å². The first kappa shape index (κ1) is 14.6. The van der Waals surface area contributed by atoms with Crippen LogP contribution in [-0.2, 0) is 14.3 Å². The standard InChI is InChI=1S/C13H14ClNO5/c1-19-11-7(14)3-2-4-8(11)15-12(16)9-5-6-10(20-9)13(17)18/h2-4,9-10H,5-6H2,1H3,(H,15,16)(H,17,18)/t9-,10+/m0/s1. The summed E-state index contributed by atoms with van der Waals surface area (Å²) in [6.45, 7) is 0. The molecule has 2 N–H and O–H groups in total. The largest absolute Gasteiger partial charge is 0.493 e. The Balaban J connectivity index is 2.06. The van der Waals surface area contributed by atoms with Crippen LogP contribution in [0, 0.1) is 0 Å². The van der Waals surface area contributed by atoms with Gasteiger partial charge in [-0.3, -0.25) is 4.79 Å². The molecule has 108 valence electrons. The van der Waals surface area contributed by atoms with Gasteiger partial charge in [-0.2, -0.15) is 0 Å². The van der Waals surface area contributed by atoms with Gasteiger partial charge in [-0.15, -0.1) is 0 Å². The van der Waals surface area contributed by atoms with Crippen molar-refractivity contribution in [3.05, 3.63) is 23.2 Å². The summed E-state index contributed by atoms with van der Waals surface area (Å²) in [5, 5.41) is 11.8. The molecule has 1 saturated heterocycles. The highest BCUT2D eigenvalue weighted by atomic mass is 35.5. The van der Waals surface area contributed by atoms with Crippen LogP contribution in [0.15, 0.2) is 18.2 Å². The lowest BCUT2D eigenvalue weighted by molar-refractivity contribution is -0.150. The van der Waals surface area contributed by atoms with Crippen molar-refractivity contribution in [2.24, 2.45) is 0 Å². The van der Waals surface area contributed by atoms with Crippen LogP contribution in [0.25, 0.3) is 0 Å². The fourth-order valence-electron chi connectivity index (χ4n) is 2.04. The first-order valence-corrected chi connectivity index (χ1v) is 6.42. The van der Waals surface area contributed by atoms with Gasteiger partial charge in [-0.1, -0.05) is 17.7 Å². The molecule has 1 aromatic rings. The van der Waals surface area contributed by atoms with Gasteiger partial charge in [-0.25, -0.2) is 4.79 Å². The third kappa shape index (κ3) is 3.02. The highest BCUT2D eigenvalue weighted by Crippen LogP contribution is 2.33. The fraction of sp³-hybridized carbons (Fsp3) is 0.385. The van der Waals surface area contributed by atoms with Gasteiger partial charge in [0, 0.05) is 0 Å². The van der Waals surface area contributed by atoms with Gasteiger partial charge in [-0.05, 0) is 25.0 Å². The van der Waals surface area contributed by atoms with E-state index < -0.39 is 24.1 Å². The van der Waals surface area contributed by atoms with Gasteiger partial charge >= 0.3 is 5.97 Å². The first-order valence-electron chi connectivity index (χ1n) is 6.04. The second kappa shape index (κ2) is 6.11. The summed E-state index contributed by atoms with van der Waals surface area (Å²) in [7, 11) is 1.45. The number of hydrogen-bond acceptors (Lipinski definition) is 4. The summed E-state index contributed by atoms with van der Waals surface area (Å²) in [5.74, 6) is -1.11. The predicted octanol–water partition coefficient (Wildman–Crippen LogP) is 1.92. The Morgan fingerprint density at radius 3 is 2.70 bits per heavy atom.